The van der Waals surface area contributed by atoms with Crippen LogP contribution < -0.4 is 4.90 Å². The molecule has 1 aliphatic rings. The van der Waals surface area contributed by atoms with Gasteiger partial charge in [0.1, 0.15) is 11.2 Å². The molecule has 0 N–H and O–H groups in total. The second kappa shape index (κ2) is 5.46. The van der Waals surface area contributed by atoms with Crippen molar-refractivity contribution in [2.75, 3.05) is 10.7 Å². The highest BCUT2D eigenvalue weighted by Crippen LogP contribution is 2.43. The Kier molecular flexibility index (Phi) is 3.68. The molecule has 0 radical (unpaired) electrons. The molecule has 1 saturated heterocycles. The van der Waals surface area contributed by atoms with E-state index < -0.39 is 0 Å². The van der Waals surface area contributed by atoms with Crippen LogP contribution in [-0.2, 0) is 4.79 Å². The highest BCUT2D eigenvalue weighted by atomic mass is 35.5. The summed E-state index contributed by atoms with van der Waals surface area (Å²) in [5.41, 5.74) is 1.58. The topological polar surface area (TPSA) is 20.3 Å². The lowest BCUT2D eigenvalue weighted by atomic mass is 10.2. The summed E-state index contributed by atoms with van der Waals surface area (Å²) in [5.74, 6) is 0.0849. The van der Waals surface area contributed by atoms with Crippen LogP contribution in [0.4, 0.5) is 10.1 Å². The molecule has 2 aromatic rings. The van der Waals surface area contributed by atoms with Crippen LogP contribution >= 0.6 is 23.4 Å². The Morgan fingerprint density at radius 2 is 1.85 bits per heavy atom. The van der Waals surface area contributed by atoms with Gasteiger partial charge in [0.25, 0.3) is 0 Å². The minimum absolute atomic E-state index is 0.00604. The number of rotatable bonds is 2. The Balaban J connectivity index is 2.01. The van der Waals surface area contributed by atoms with Gasteiger partial charge in [0.15, 0.2) is 0 Å². The minimum atomic E-state index is -0.317. The van der Waals surface area contributed by atoms with Crippen LogP contribution in [0.1, 0.15) is 10.9 Å². The number of carbonyl (C=O) groups excluding carboxylic acids is 1. The number of thioether (sulfide) groups is 1. The maximum Gasteiger partial charge on any atom is 0.238 e. The lowest BCUT2D eigenvalue weighted by Crippen LogP contribution is -2.27. The maximum absolute atomic E-state index is 13.0. The smallest absolute Gasteiger partial charge is 0.238 e. The van der Waals surface area contributed by atoms with Gasteiger partial charge in [-0.15, -0.1) is 11.8 Å². The van der Waals surface area contributed by atoms with E-state index in [9.17, 15) is 9.18 Å². The first-order valence-corrected chi connectivity index (χ1v) is 7.53. The van der Waals surface area contributed by atoms with Gasteiger partial charge < -0.3 is 0 Å². The van der Waals surface area contributed by atoms with Crippen LogP contribution in [0, 0.1) is 5.82 Å². The number of hydrogen-bond donors (Lipinski definition) is 0. The molecule has 0 aliphatic carbocycles. The second-order valence-corrected chi connectivity index (χ2v) is 5.90. The highest BCUT2D eigenvalue weighted by Gasteiger charge is 2.34. The number of benzene rings is 2. The molecule has 20 heavy (non-hydrogen) atoms. The average molecular weight is 308 g/mol. The third-order valence-electron chi connectivity index (χ3n) is 3.14. The second-order valence-electron chi connectivity index (χ2n) is 4.43. The SMILES string of the molecule is O=C1CSC(c2ccccc2Cl)N1c1ccc(F)cc1. The molecule has 1 heterocycles. The van der Waals surface area contributed by atoms with E-state index in [1.165, 1.54) is 23.9 Å². The van der Waals surface area contributed by atoms with Crippen LogP contribution in [0.3, 0.4) is 0 Å². The molecule has 2 nitrogen and oxygen atoms in total. The van der Waals surface area contributed by atoms with Gasteiger partial charge in [0.2, 0.25) is 5.91 Å². The largest absolute Gasteiger partial charge is 0.295 e. The fourth-order valence-corrected chi connectivity index (χ4v) is 3.73. The van der Waals surface area contributed by atoms with E-state index in [-0.39, 0.29) is 17.1 Å². The molecule has 0 saturated carbocycles. The Morgan fingerprint density at radius 1 is 1.15 bits per heavy atom. The standard InChI is InChI=1S/C15H11ClFNOS/c16-13-4-2-1-3-12(13)15-18(14(19)9-20-15)11-7-5-10(17)6-8-11/h1-8,15H,9H2. The van der Waals surface area contributed by atoms with Crippen molar-refractivity contribution < 1.29 is 9.18 Å². The molecule has 1 unspecified atom stereocenters. The maximum atomic E-state index is 13.0. The van der Waals surface area contributed by atoms with Gasteiger partial charge in [-0.1, -0.05) is 29.8 Å². The minimum Gasteiger partial charge on any atom is -0.295 e. The lowest BCUT2D eigenvalue weighted by Gasteiger charge is -2.25. The normalized spacial score (nSPS) is 18.6. The zero-order valence-corrected chi connectivity index (χ0v) is 12.0. The van der Waals surface area contributed by atoms with Crippen molar-refractivity contribution in [1.82, 2.24) is 0 Å². The Bertz CT molecular complexity index is 647. The van der Waals surface area contributed by atoms with Gasteiger partial charge in [-0.05, 0) is 30.3 Å². The predicted octanol–water partition coefficient (Wildman–Crippen LogP) is 4.26. The first kappa shape index (κ1) is 13.5. The molecular formula is C15H11ClFNOS. The van der Waals surface area contributed by atoms with Gasteiger partial charge in [-0.3, -0.25) is 9.69 Å². The molecule has 0 spiro atoms. The Morgan fingerprint density at radius 3 is 2.55 bits per heavy atom. The van der Waals surface area contributed by atoms with Crippen molar-refractivity contribution in [2.45, 2.75) is 5.37 Å². The van der Waals surface area contributed by atoms with Gasteiger partial charge in [-0.25, -0.2) is 4.39 Å². The van der Waals surface area contributed by atoms with E-state index in [0.717, 1.165) is 5.56 Å². The molecule has 1 atom stereocenters. The number of halogens is 2. The summed E-state index contributed by atoms with van der Waals surface area (Å²) < 4.78 is 13.0. The van der Waals surface area contributed by atoms with E-state index in [4.69, 9.17) is 11.6 Å². The molecule has 0 bridgehead atoms. The van der Waals surface area contributed by atoms with Crippen molar-refractivity contribution in [3.8, 4) is 0 Å². The Hall–Kier alpha value is -1.52. The summed E-state index contributed by atoms with van der Waals surface area (Å²) in [6, 6.07) is 13.4. The average Bonchev–Trinajstić information content (AvgIpc) is 2.82. The summed E-state index contributed by atoms with van der Waals surface area (Å²) >= 11 is 7.74. The van der Waals surface area contributed by atoms with Crippen molar-refractivity contribution >= 4 is 35.0 Å². The van der Waals surface area contributed by atoms with Crippen LogP contribution in [0.15, 0.2) is 48.5 Å². The summed E-state index contributed by atoms with van der Waals surface area (Å²) in [5, 5.41) is 0.466. The number of hydrogen-bond acceptors (Lipinski definition) is 2. The van der Waals surface area contributed by atoms with E-state index in [1.807, 2.05) is 24.3 Å². The first-order chi connectivity index (χ1) is 9.66. The molecule has 102 valence electrons. The van der Waals surface area contributed by atoms with Crippen LogP contribution in [-0.4, -0.2) is 11.7 Å². The van der Waals surface area contributed by atoms with Gasteiger partial charge in [0.05, 0.1) is 5.75 Å². The summed E-state index contributed by atoms with van der Waals surface area (Å²) in [7, 11) is 0. The van der Waals surface area contributed by atoms with Crippen LogP contribution in [0.2, 0.25) is 5.02 Å². The fraction of sp³-hybridized carbons (Fsp3) is 0.133. The monoisotopic (exact) mass is 307 g/mol. The van der Waals surface area contributed by atoms with Gasteiger partial charge in [-0.2, -0.15) is 0 Å². The van der Waals surface area contributed by atoms with E-state index in [0.29, 0.717) is 16.5 Å². The molecule has 5 heteroatoms. The molecular weight excluding hydrogens is 297 g/mol. The fourth-order valence-electron chi connectivity index (χ4n) is 2.21. The van der Waals surface area contributed by atoms with Crippen LogP contribution in [0.5, 0.6) is 0 Å². The summed E-state index contributed by atoms with van der Waals surface area (Å²) in [4.78, 5) is 13.8. The summed E-state index contributed by atoms with van der Waals surface area (Å²) in [6.45, 7) is 0. The molecule has 1 fully saturated rings. The molecule has 2 aromatic carbocycles. The number of carbonyl (C=O) groups is 1. The first-order valence-electron chi connectivity index (χ1n) is 6.10. The third kappa shape index (κ3) is 2.41. The van der Waals surface area contributed by atoms with Gasteiger partial charge in [0, 0.05) is 16.3 Å². The van der Waals surface area contributed by atoms with Crippen molar-refractivity contribution in [2.24, 2.45) is 0 Å². The molecule has 0 aromatic heterocycles. The quantitative estimate of drug-likeness (QED) is 0.826. The Labute approximate surface area is 125 Å². The molecule has 3 rings (SSSR count). The van der Waals surface area contributed by atoms with Crippen molar-refractivity contribution in [3.63, 3.8) is 0 Å². The lowest BCUT2D eigenvalue weighted by molar-refractivity contribution is -0.115. The number of anilines is 1. The highest BCUT2D eigenvalue weighted by molar-refractivity contribution is 8.00. The molecule has 1 aliphatic heterocycles. The van der Waals surface area contributed by atoms with Crippen LogP contribution in [0.25, 0.3) is 0 Å². The van der Waals surface area contributed by atoms with E-state index >= 15 is 0 Å². The predicted molar refractivity (Wildman–Crippen MR) is 80.5 cm³/mol. The van der Waals surface area contributed by atoms with Gasteiger partial charge >= 0.3 is 0 Å². The zero-order chi connectivity index (χ0) is 14.1. The number of amides is 1. The zero-order valence-electron chi connectivity index (χ0n) is 10.4. The van der Waals surface area contributed by atoms with E-state index in [1.54, 1.807) is 17.0 Å². The van der Waals surface area contributed by atoms with Crippen molar-refractivity contribution in [3.05, 3.63) is 64.9 Å². The van der Waals surface area contributed by atoms with E-state index in [2.05, 4.69) is 0 Å². The van der Waals surface area contributed by atoms with Crippen molar-refractivity contribution in [1.29, 1.82) is 0 Å². The summed E-state index contributed by atoms with van der Waals surface area (Å²) in [6.07, 6.45) is 0. The third-order valence-corrected chi connectivity index (χ3v) is 4.68. The number of nitrogens with zero attached hydrogens (tertiary/aromatic N) is 1. The molecule has 1 amide bonds.